The van der Waals surface area contributed by atoms with Gasteiger partial charge in [-0.3, -0.25) is 4.79 Å². The highest BCUT2D eigenvalue weighted by molar-refractivity contribution is 9.10. The maximum atomic E-state index is 12.9. The Morgan fingerprint density at radius 1 is 1.20 bits per heavy atom. The van der Waals surface area contributed by atoms with E-state index in [4.69, 9.17) is 0 Å². The van der Waals surface area contributed by atoms with Gasteiger partial charge in [0.1, 0.15) is 0 Å². The summed E-state index contributed by atoms with van der Waals surface area (Å²) in [6, 6.07) is 9.51. The van der Waals surface area contributed by atoms with Crippen LogP contribution in [-0.4, -0.2) is 12.5 Å². The normalized spacial score (nSPS) is 11.3. The zero-order valence-electron chi connectivity index (χ0n) is 13.8. The number of aryl methyl sites for hydroxylation is 2. The smallest absolute Gasteiger partial charge is 0.376 e. The molecule has 0 aromatic heterocycles. The van der Waals surface area contributed by atoms with E-state index < -0.39 is 11.7 Å². The lowest BCUT2D eigenvalue weighted by Crippen LogP contribution is -2.23. The van der Waals surface area contributed by atoms with Crippen molar-refractivity contribution in [3.05, 3.63) is 57.6 Å². The number of hydrogen-bond acceptors (Lipinski definition) is 2. The number of alkyl halides is 3. The molecule has 0 saturated heterocycles. The summed E-state index contributed by atoms with van der Waals surface area (Å²) in [6.45, 7) is 3.76. The highest BCUT2D eigenvalue weighted by Crippen LogP contribution is 2.36. The molecule has 3 nitrogen and oxygen atoms in total. The number of para-hydroxylation sites is 1. The minimum absolute atomic E-state index is 0.0394. The molecule has 0 atom stereocenters. The number of carbonyl (C=O) groups excluding carboxylic acids is 1. The Kier molecular flexibility index (Phi) is 6.11. The summed E-state index contributed by atoms with van der Waals surface area (Å²) in [4.78, 5) is 12.1. The molecule has 0 heterocycles. The molecule has 1 amide bonds. The third-order valence-electron chi connectivity index (χ3n) is 3.73. The summed E-state index contributed by atoms with van der Waals surface area (Å²) in [5.41, 5.74) is 2.15. The second-order valence-corrected chi connectivity index (χ2v) is 6.41. The van der Waals surface area contributed by atoms with Crippen LogP contribution in [0, 0.1) is 6.92 Å². The van der Waals surface area contributed by atoms with Crippen molar-refractivity contribution >= 4 is 33.2 Å². The Labute approximate surface area is 152 Å². The van der Waals surface area contributed by atoms with Gasteiger partial charge in [0.15, 0.2) is 0 Å². The molecule has 2 aromatic carbocycles. The average Bonchev–Trinajstić information content (AvgIpc) is 2.55. The number of nitrogens with one attached hydrogen (secondary N) is 2. The minimum atomic E-state index is -4.46. The Bertz CT molecular complexity index is 775. The van der Waals surface area contributed by atoms with E-state index in [-0.39, 0.29) is 22.6 Å². The van der Waals surface area contributed by atoms with Crippen LogP contribution in [-0.2, 0) is 17.4 Å². The molecule has 25 heavy (non-hydrogen) atoms. The van der Waals surface area contributed by atoms with E-state index in [9.17, 15) is 18.0 Å². The lowest BCUT2D eigenvalue weighted by molar-refractivity contribution is -0.138. The second kappa shape index (κ2) is 7.91. The summed E-state index contributed by atoms with van der Waals surface area (Å²) in [5, 5.41) is 5.55. The van der Waals surface area contributed by atoms with Crippen molar-refractivity contribution in [3.63, 3.8) is 0 Å². The highest BCUT2D eigenvalue weighted by Gasteiger charge is 2.33. The number of halogens is 4. The van der Waals surface area contributed by atoms with Crippen LogP contribution in [0.1, 0.15) is 23.6 Å². The Morgan fingerprint density at radius 3 is 2.56 bits per heavy atom. The minimum Gasteiger partial charge on any atom is -0.376 e. The van der Waals surface area contributed by atoms with Crippen molar-refractivity contribution in [2.75, 3.05) is 17.2 Å². The van der Waals surface area contributed by atoms with E-state index >= 15 is 0 Å². The molecule has 2 rings (SSSR count). The number of hydrogen-bond donors (Lipinski definition) is 2. The van der Waals surface area contributed by atoms with E-state index in [0.29, 0.717) is 0 Å². The average molecular weight is 415 g/mol. The first-order chi connectivity index (χ1) is 11.7. The molecular weight excluding hydrogens is 397 g/mol. The molecule has 0 fully saturated rings. The molecule has 0 saturated carbocycles. The molecule has 2 aromatic rings. The largest absolute Gasteiger partial charge is 0.417 e. The molecule has 0 aliphatic carbocycles. The molecule has 134 valence electrons. The van der Waals surface area contributed by atoms with Crippen LogP contribution >= 0.6 is 15.9 Å². The first-order valence-electron chi connectivity index (χ1n) is 7.71. The van der Waals surface area contributed by atoms with Gasteiger partial charge in [-0.15, -0.1) is 0 Å². The van der Waals surface area contributed by atoms with Crippen LogP contribution in [0.25, 0.3) is 0 Å². The number of rotatable bonds is 5. The fourth-order valence-corrected chi connectivity index (χ4v) is 2.89. The van der Waals surface area contributed by atoms with Gasteiger partial charge in [0.05, 0.1) is 12.1 Å². The van der Waals surface area contributed by atoms with Gasteiger partial charge >= 0.3 is 6.18 Å². The van der Waals surface area contributed by atoms with E-state index in [1.54, 1.807) is 0 Å². The van der Waals surface area contributed by atoms with Crippen LogP contribution in [0.4, 0.5) is 24.5 Å². The first-order valence-corrected chi connectivity index (χ1v) is 8.50. The molecular formula is C18H18BrF3N2O. The summed E-state index contributed by atoms with van der Waals surface area (Å²) < 4.78 is 38.7. The number of amides is 1. The molecule has 0 radical (unpaired) electrons. The lowest BCUT2D eigenvalue weighted by Gasteiger charge is -2.15. The van der Waals surface area contributed by atoms with Crippen molar-refractivity contribution in [2.24, 2.45) is 0 Å². The van der Waals surface area contributed by atoms with Crippen molar-refractivity contribution in [1.29, 1.82) is 0 Å². The molecule has 0 aliphatic heterocycles. The van der Waals surface area contributed by atoms with Gasteiger partial charge in [-0.2, -0.15) is 13.2 Å². The standard InChI is InChI=1S/C18H18BrF3N2O/c1-3-12-6-4-5-11(2)17(12)24-16(25)10-23-13-7-8-15(19)14(9-13)18(20,21)22/h4-9,23H,3,10H2,1-2H3,(H,24,25). The van der Waals surface area contributed by atoms with Crippen molar-refractivity contribution < 1.29 is 18.0 Å². The summed E-state index contributed by atoms with van der Waals surface area (Å²) >= 11 is 2.89. The van der Waals surface area contributed by atoms with Crippen molar-refractivity contribution in [3.8, 4) is 0 Å². The van der Waals surface area contributed by atoms with Crippen LogP contribution in [0.2, 0.25) is 0 Å². The van der Waals surface area contributed by atoms with Gasteiger partial charge in [0, 0.05) is 15.8 Å². The predicted molar refractivity (Wildman–Crippen MR) is 96.8 cm³/mol. The van der Waals surface area contributed by atoms with Gasteiger partial charge in [0.25, 0.3) is 0 Å². The molecule has 2 N–H and O–H groups in total. The highest BCUT2D eigenvalue weighted by atomic mass is 79.9. The fraction of sp³-hybridized carbons (Fsp3) is 0.278. The third-order valence-corrected chi connectivity index (χ3v) is 4.42. The Balaban J connectivity index is 2.06. The zero-order chi connectivity index (χ0) is 18.6. The van der Waals surface area contributed by atoms with Gasteiger partial charge in [-0.05, 0) is 42.7 Å². The van der Waals surface area contributed by atoms with Crippen LogP contribution < -0.4 is 10.6 Å². The summed E-state index contributed by atoms with van der Waals surface area (Å²) in [7, 11) is 0. The molecule has 0 unspecified atom stereocenters. The van der Waals surface area contributed by atoms with Gasteiger partial charge in [0.2, 0.25) is 5.91 Å². The Morgan fingerprint density at radius 2 is 1.92 bits per heavy atom. The maximum Gasteiger partial charge on any atom is 0.417 e. The van der Waals surface area contributed by atoms with Crippen molar-refractivity contribution in [2.45, 2.75) is 26.4 Å². The van der Waals surface area contributed by atoms with Gasteiger partial charge in [-0.1, -0.05) is 41.1 Å². The monoisotopic (exact) mass is 414 g/mol. The zero-order valence-corrected chi connectivity index (χ0v) is 15.4. The van der Waals surface area contributed by atoms with E-state index in [0.717, 1.165) is 29.3 Å². The van der Waals surface area contributed by atoms with Crippen LogP contribution in [0.5, 0.6) is 0 Å². The maximum absolute atomic E-state index is 12.9. The third kappa shape index (κ3) is 4.98. The summed E-state index contributed by atoms with van der Waals surface area (Å²) in [6.07, 6.45) is -3.69. The summed E-state index contributed by atoms with van der Waals surface area (Å²) in [5.74, 6) is -0.319. The molecule has 0 aliphatic rings. The van der Waals surface area contributed by atoms with Gasteiger partial charge < -0.3 is 10.6 Å². The number of benzene rings is 2. The predicted octanol–water partition coefficient (Wildman–Crippen LogP) is 5.39. The molecule has 0 bridgehead atoms. The van der Waals surface area contributed by atoms with E-state index in [1.807, 2.05) is 32.0 Å². The van der Waals surface area contributed by atoms with Crippen LogP contribution in [0.15, 0.2) is 40.9 Å². The topological polar surface area (TPSA) is 41.1 Å². The lowest BCUT2D eigenvalue weighted by atomic mass is 10.1. The first kappa shape index (κ1) is 19.3. The SMILES string of the molecule is CCc1cccc(C)c1NC(=O)CNc1ccc(Br)c(C(F)(F)F)c1. The van der Waals surface area contributed by atoms with Crippen molar-refractivity contribution in [1.82, 2.24) is 0 Å². The molecule has 7 heteroatoms. The quantitative estimate of drug-likeness (QED) is 0.688. The Hall–Kier alpha value is -2.02. The number of anilines is 2. The number of carbonyl (C=O) groups is 1. The van der Waals surface area contributed by atoms with Gasteiger partial charge in [-0.25, -0.2) is 0 Å². The van der Waals surface area contributed by atoms with E-state index in [2.05, 4.69) is 26.6 Å². The second-order valence-electron chi connectivity index (χ2n) is 5.56. The van der Waals surface area contributed by atoms with Crippen LogP contribution in [0.3, 0.4) is 0 Å². The van der Waals surface area contributed by atoms with E-state index in [1.165, 1.54) is 12.1 Å². The fourth-order valence-electron chi connectivity index (χ4n) is 2.42. The molecule has 0 spiro atoms.